The number of carbonyl (C=O) groups is 3. The van der Waals surface area contributed by atoms with Crippen LogP contribution in [0.3, 0.4) is 0 Å². The van der Waals surface area contributed by atoms with Gasteiger partial charge in [0.1, 0.15) is 0 Å². The van der Waals surface area contributed by atoms with Gasteiger partial charge in [-0.15, -0.1) is 0 Å². The number of fused-ring (bicyclic) bond motifs is 3. The van der Waals surface area contributed by atoms with Crippen LogP contribution in [0.15, 0.2) is 0 Å². The van der Waals surface area contributed by atoms with E-state index in [1.54, 1.807) is 11.8 Å². The molecule has 0 radical (unpaired) electrons. The lowest BCUT2D eigenvalue weighted by atomic mass is 9.79. The van der Waals surface area contributed by atoms with Crippen LogP contribution in [0.1, 0.15) is 71.6 Å². The zero-order chi connectivity index (χ0) is 18.5. The highest BCUT2D eigenvalue weighted by Gasteiger charge is 2.68. The fourth-order valence-electron chi connectivity index (χ4n) is 6.22. The van der Waals surface area contributed by atoms with Gasteiger partial charge in [0.2, 0.25) is 5.91 Å². The van der Waals surface area contributed by atoms with E-state index in [1.807, 2.05) is 11.8 Å². The molecule has 3 aliphatic heterocycles. The summed E-state index contributed by atoms with van der Waals surface area (Å²) >= 11 is 0. The number of hydrogen-bond acceptors (Lipinski definition) is 5. The maximum Gasteiger partial charge on any atom is 0.334 e. The SMILES string of the molecule is CCOC(=O)C12CCC3(CCCCC3)N1C(C)C(=O)N1CCCC1C2=O. The first-order valence-corrected chi connectivity index (χ1v) is 10.3. The van der Waals surface area contributed by atoms with Crippen LogP contribution in [0.4, 0.5) is 0 Å². The Kier molecular flexibility index (Phi) is 4.37. The second-order valence-corrected chi connectivity index (χ2v) is 8.47. The summed E-state index contributed by atoms with van der Waals surface area (Å²) < 4.78 is 5.45. The number of esters is 1. The van der Waals surface area contributed by atoms with Gasteiger partial charge in [0, 0.05) is 12.1 Å². The summed E-state index contributed by atoms with van der Waals surface area (Å²) in [6, 6.07) is -0.912. The quantitative estimate of drug-likeness (QED) is 0.556. The number of nitrogens with zero attached hydrogens (tertiary/aromatic N) is 2. The van der Waals surface area contributed by atoms with Gasteiger partial charge in [0.15, 0.2) is 11.3 Å². The number of hydrogen-bond donors (Lipinski definition) is 0. The Morgan fingerprint density at radius 3 is 2.54 bits per heavy atom. The zero-order valence-electron chi connectivity index (χ0n) is 16.0. The third kappa shape index (κ3) is 2.23. The van der Waals surface area contributed by atoms with Gasteiger partial charge in [0.05, 0.1) is 18.7 Å². The molecule has 144 valence electrons. The van der Waals surface area contributed by atoms with Crippen molar-refractivity contribution in [2.24, 2.45) is 0 Å². The molecule has 4 rings (SSSR count). The predicted octanol–water partition coefficient (Wildman–Crippen LogP) is 2.05. The van der Waals surface area contributed by atoms with E-state index in [9.17, 15) is 14.4 Å². The van der Waals surface area contributed by atoms with Crippen LogP contribution in [0.5, 0.6) is 0 Å². The minimum Gasteiger partial charge on any atom is -0.464 e. The molecule has 4 aliphatic rings. The second kappa shape index (κ2) is 6.32. The first-order valence-electron chi connectivity index (χ1n) is 10.3. The van der Waals surface area contributed by atoms with Gasteiger partial charge in [-0.25, -0.2) is 4.79 Å². The maximum absolute atomic E-state index is 13.7. The van der Waals surface area contributed by atoms with E-state index in [1.165, 1.54) is 6.42 Å². The van der Waals surface area contributed by atoms with Crippen molar-refractivity contribution in [1.29, 1.82) is 0 Å². The van der Waals surface area contributed by atoms with Crippen LogP contribution in [0.25, 0.3) is 0 Å². The van der Waals surface area contributed by atoms with Crippen LogP contribution in [-0.2, 0) is 19.1 Å². The summed E-state index contributed by atoms with van der Waals surface area (Å²) in [4.78, 5) is 44.0. The molecular formula is C20H30N2O4. The number of rotatable bonds is 2. The summed E-state index contributed by atoms with van der Waals surface area (Å²) in [5.41, 5.74) is -1.48. The van der Waals surface area contributed by atoms with Crippen LogP contribution in [0, 0.1) is 0 Å². The normalized spacial score (nSPS) is 36.8. The van der Waals surface area contributed by atoms with Crippen LogP contribution >= 0.6 is 0 Å². The molecule has 1 aliphatic carbocycles. The molecule has 0 bridgehead atoms. The van der Waals surface area contributed by atoms with Crippen molar-refractivity contribution in [2.75, 3.05) is 13.2 Å². The summed E-state index contributed by atoms with van der Waals surface area (Å²) in [7, 11) is 0. The highest BCUT2D eigenvalue weighted by molar-refractivity contribution is 6.13. The topological polar surface area (TPSA) is 66.9 Å². The van der Waals surface area contributed by atoms with Crippen LogP contribution < -0.4 is 0 Å². The molecular weight excluding hydrogens is 332 g/mol. The van der Waals surface area contributed by atoms with Gasteiger partial charge < -0.3 is 9.64 Å². The maximum atomic E-state index is 13.7. The van der Waals surface area contributed by atoms with Crippen LogP contribution in [0.2, 0.25) is 0 Å². The molecule has 0 aromatic heterocycles. The first kappa shape index (κ1) is 18.0. The number of amides is 1. The molecule has 3 heterocycles. The molecule has 0 aromatic carbocycles. The largest absolute Gasteiger partial charge is 0.464 e. The molecule has 0 aromatic rings. The van der Waals surface area contributed by atoms with Crippen molar-refractivity contribution in [2.45, 2.75) is 94.8 Å². The summed E-state index contributed by atoms with van der Waals surface area (Å²) in [5.74, 6) is -0.506. The number of Topliss-reactive ketones (excluding diaryl/α,β-unsaturated/α-hetero) is 1. The lowest BCUT2D eigenvalue weighted by molar-refractivity contribution is -0.166. The Morgan fingerprint density at radius 2 is 1.85 bits per heavy atom. The van der Waals surface area contributed by atoms with Crippen molar-refractivity contribution in [1.82, 2.24) is 9.80 Å². The van der Waals surface area contributed by atoms with E-state index in [4.69, 9.17) is 4.74 Å². The zero-order valence-corrected chi connectivity index (χ0v) is 16.0. The van der Waals surface area contributed by atoms with Crippen molar-refractivity contribution in [3.05, 3.63) is 0 Å². The average molecular weight is 362 g/mol. The molecule has 0 N–H and O–H groups in total. The van der Waals surface area contributed by atoms with Crippen molar-refractivity contribution in [3.63, 3.8) is 0 Å². The highest BCUT2D eigenvalue weighted by atomic mass is 16.5. The highest BCUT2D eigenvalue weighted by Crippen LogP contribution is 2.53. The molecule has 1 amide bonds. The molecule has 3 saturated heterocycles. The number of carbonyl (C=O) groups excluding carboxylic acids is 3. The molecule has 26 heavy (non-hydrogen) atoms. The van der Waals surface area contributed by atoms with Gasteiger partial charge in [-0.3, -0.25) is 14.5 Å². The van der Waals surface area contributed by atoms with E-state index in [0.717, 1.165) is 38.5 Å². The predicted molar refractivity (Wildman–Crippen MR) is 95.5 cm³/mol. The smallest absolute Gasteiger partial charge is 0.334 e. The Bertz CT molecular complexity index is 627. The van der Waals surface area contributed by atoms with E-state index < -0.39 is 23.6 Å². The summed E-state index contributed by atoms with van der Waals surface area (Å²) in [6.45, 7) is 4.55. The standard InChI is InChI=1S/C20H30N2O4/c1-3-26-18(25)20-12-11-19(9-5-4-6-10-19)22(20)14(2)17(24)21-13-7-8-15(21)16(20)23/h14-15H,3-13H2,1-2H3. The van der Waals surface area contributed by atoms with Gasteiger partial charge in [-0.05, 0) is 52.4 Å². The van der Waals surface area contributed by atoms with Gasteiger partial charge in [-0.1, -0.05) is 19.3 Å². The summed E-state index contributed by atoms with van der Waals surface area (Å²) in [6.07, 6.45) is 8.10. The van der Waals surface area contributed by atoms with Crippen molar-refractivity contribution < 1.29 is 19.1 Å². The molecule has 6 nitrogen and oxygen atoms in total. The minimum absolute atomic E-state index is 0.0128. The monoisotopic (exact) mass is 362 g/mol. The van der Waals surface area contributed by atoms with Crippen molar-refractivity contribution >= 4 is 17.7 Å². The van der Waals surface area contributed by atoms with Gasteiger partial charge in [-0.2, -0.15) is 0 Å². The lowest BCUT2D eigenvalue weighted by Gasteiger charge is -2.48. The lowest BCUT2D eigenvalue weighted by Crippen LogP contribution is -2.66. The molecule has 1 spiro atoms. The second-order valence-electron chi connectivity index (χ2n) is 8.47. The molecule has 3 atom stereocenters. The molecule has 4 fully saturated rings. The van der Waals surface area contributed by atoms with Gasteiger partial charge in [0.25, 0.3) is 0 Å². The molecule has 6 heteroatoms. The number of ether oxygens (including phenoxy) is 1. The molecule has 1 saturated carbocycles. The van der Waals surface area contributed by atoms with Gasteiger partial charge >= 0.3 is 5.97 Å². The first-order chi connectivity index (χ1) is 12.5. The van der Waals surface area contributed by atoms with Crippen molar-refractivity contribution in [3.8, 4) is 0 Å². The van der Waals surface area contributed by atoms with E-state index in [-0.39, 0.29) is 23.8 Å². The van der Waals surface area contributed by atoms with Crippen LogP contribution in [-0.4, -0.2) is 63.8 Å². The third-order valence-corrected chi connectivity index (χ3v) is 7.26. The fraction of sp³-hybridized carbons (Fsp3) is 0.850. The van der Waals surface area contributed by atoms with E-state index in [0.29, 0.717) is 19.4 Å². The van der Waals surface area contributed by atoms with E-state index in [2.05, 4.69) is 0 Å². The Morgan fingerprint density at radius 1 is 1.12 bits per heavy atom. The summed E-state index contributed by atoms with van der Waals surface area (Å²) in [5, 5.41) is 0. The Balaban J connectivity index is 1.86. The third-order valence-electron chi connectivity index (χ3n) is 7.26. The fourth-order valence-corrected chi connectivity index (χ4v) is 6.22. The molecule has 3 unspecified atom stereocenters. The average Bonchev–Trinajstić information content (AvgIpc) is 3.23. The Hall–Kier alpha value is -1.43. The minimum atomic E-state index is -1.27. The number of ketones is 1. The van der Waals surface area contributed by atoms with E-state index >= 15 is 0 Å². The Labute approximate surface area is 155 Å².